The molecule has 1 aromatic carbocycles. The Morgan fingerprint density at radius 2 is 2.00 bits per heavy atom. The first-order valence-electron chi connectivity index (χ1n) is 7.00. The Hall–Kier alpha value is -2.37. The van der Waals surface area contributed by atoms with E-state index in [1.54, 1.807) is 19.1 Å². The zero-order valence-electron chi connectivity index (χ0n) is 11.8. The molecule has 0 bridgehead atoms. The summed E-state index contributed by atoms with van der Waals surface area (Å²) < 4.78 is 0. The maximum Gasteiger partial charge on any atom is 0.325 e. The minimum atomic E-state index is -1.11. The highest BCUT2D eigenvalue weighted by Crippen LogP contribution is 2.28. The molecule has 2 N–H and O–H groups in total. The summed E-state index contributed by atoms with van der Waals surface area (Å²) in [7, 11) is 0. The number of rotatable bonds is 4. The van der Waals surface area contributed by atoms with Crippen LogP contribution >= 0.6 is 0 Å². The van der Waals surface area contributed by atoms with E-state index in [4.69, 9.17) is 0 Å². The molecular formula is C15H17N3O3. The van der Waals surface area contributed by atoms with E-state index in [0.29, 0.717) is 5.56 Å². The van der Waals surface area contributed by atoms with Crippen LogP contribution in [0.2, 0.25) is 0 Å². The van der Waals surface area contributed by atoms with Crippen molar-refractivity contribution in [3.63, 3.8) is 0 Å². The minimum Gasteiger partial charge on any atom is -0.352 e. The molecule has 1 saturated carbocycles. The molecule has 4 amide bonds. The second kappa shape index (κ2) is 4.87. The van der Waals surface area contributed by atoms with Crippen LogP contribution in [-0.2, 0) is 15.1 Å². The molecule has 3 rings (SSSR count). The van der Waals surface area contributed by atoms with Gasteiger partial charge >= 0.3 is 6.03 Å². The molecule has 1 unspecified atom stereocenters. The SMILES string of the molecule is CC1(c2ccccc2)NC(=O)N(CC(=O)NC2CC2)C1=O. The van der Waals surface area contributed by atoms with Gasteiger partial charge in [0, 0.05) is 6.04 Å². The number of hydrogen-bond donors (Lipinski definition) is 2. The Morgan fingerprint density at radius 1 is 1.33 bits per heavy atom. The van der Waals surface area contributed by atoms with Crippen LogP contribution in [-0.4, -0.2) is 35.3 Å². The molecule has 6 nitrogen and oxygen atoms in total. The second-order valence-electron chi connectivity index (χ2n) is 5.65. The van der Waals surface area contributed by atoms with Crippen LogP contribution in [0.25, 0.3) is 0 Å². The lowest BCUT2D eigenvalue weighted by Crippen LogP contribution is -2.43. The van der Waals surface area contributed by atoms with Crippen molar-refractivity contribution in [3.8, 4) is 0 Å². The van der Waals surface area contributed by atoms with E-state index in [1.807, 2.05) is 18.2 Å². The molecule has 0 aromatic heterocycles. The van der Waals surface area contributed by atoms with Gasteiger partial charge in [-0.1, -0.05) is 30.3 Å². The third-order valence-corrected chi connectivity index (χ3v) is 3.87. The highest BCUT2D eigenvalue weighted by atomic mass is 16.2. The first-order valence-corrected chi connectivity index (χ1v) is 7.00. The summed E-state index contributed by atoms with van der Waals surface area (Å²) in [6.07, 6.45) is 1.93. The van der Waals surface area contributed by atoms with Crippen molar-refractivity contribution in [2.24, 2.45) is 0 Å². The number of hydrogen-bond acceptors (Lipinski definition) is 3. The topological polar surface area (TPSA) is 78.5 Å². The zero-order valence-corrected chi connectivity index (χ0v) is 11.8. The normalized spacial score (nSPS) is 24.9. The summed E-state index contributed by atoms with van der Waals surface area (Å²) >= 11 is 0. The standard InChI is InChI=1S/C15H17N3O3/c1-15(10-5-3-2-4-6-10)13(20)18(14(21)17-15)9-12(19)16-11-7-8-11/h2-6,11H,7-9H2,1H3,(H,16,19)(H,17,21). The number of amides is 4. The molecule has 1 aliphatic heterocycles. The highest BCUT2D eigenvalue weighted by molar-refractivity contribution is 6.09. The monoisotopic (exact) mass is 287 g/mol. The average molecular weight is 287 g/mol. The molecule has 6 heteroatoms. The van der Waals surface area contributed by atoms with E-state index in [2.05, 4.69) is 10.6 Å². The van der Waals surface area contributed by atoms with Gasteiger partial charge in [-0.25, -0.2) is 4.79 Å². The second-order valence-corrected chi connectivity index (χ2v) is 5.65. The van der Waals surface area contributed by atoms with Gasteiger partial charge in [-0.2, -0.15) is 0 Å². The first kappa shape index (κ1) is 13.6. The van der Waals surface area contributed by atoms with E-state index >= 15 is 0 Å². The molecule has 2 aliphatic rings. The van der Waals surface area contributed by atoms with Crippen LogP contribution in [0.1, 0.15) is 25.3 Å². The van der Waals surface area contributed by atoms with Gasteiger partial charge in [0.1, 0.15) is 12.1 Å². The van der Waals surface area contributed by atoms with Gasteiger partial charge in [0.05, 0.1) is 0 Å². The number of carbonyl (C=O) groups excluding carboxylic acids is 3. The van der Waals surface area contributed by atoms with Gasteiger partial charge in [-0.3, -0.25) is 14.5 Å². The lowest BCUT2D eigenvalue weighted by molar-refractivity contribution is -0.134. The summed E-state index contributed by atoms with van der Waals surface area (Å²) in [4.78, 5) is 37.3. The smallest absolute Gasteiger partial charge is 0.325 e. The largest absolute Gasteiger partial charge is 0.352 e. The summed E-state index contributed by atoms with van der Waals surface area (Å²) in [5, 5.41) is 5.45. The summed E-state index contributed by atoms with van der Waals surface area (Å²) in [6, 6.07) is 8.70. The van der Waals surface area contributed by atoms with Crippen molar-refractivity contribution in [1.29, 1.82) is 0 Å². The Bertz CT molecular complexity index is 597. The third-order valence-electron chi connectivity index (χ3n) is 3.87. The van der Waals surface area contributed by atoms with Gasteiger partial charge in [0.2, 0.25) is 5.91 Å². The molecule has 1 aromatic rings. The minimum absolute atomic E-state index is 0.207. The number of benzene rings is 1. The van der Waals surface area contributed by atoms with Crippen LogP contribution in [0.15, 0.2) is 30.3 Å². The fourth-order valence-electron chi connectivity index (χ4n) is 2.45. The summed E-state index contributed by atoms with van der Waals surface area (Å²) in [5.74, 6) is -0.692. The molecule has 0 spiro atoms. The molecular weight excluding hydrogens is 270 g/mol. The fraction of sp³-hybridized carbons (Fsp3) is 0.400. The van der Waals surface area contributed by atoms with Crippen molar-refractivity contribution < 1.29 is 14.4 Å². The number of imide groups is 1. The maximum absolute atomic E-state index is 12.5. The molecule has 21 heavy (non-hydrogen) atoms. The van der Waals surface area contributed by atoms with E-state index in [-0.39, 0.29) is 18.5 Å². The lowest BCUT2D eigenvalue weighted by atomic mass is 9.92. The predicted octanol–water partition coefficient (Wildman–Crippen LogP) is 0.732. The van der Waals surface area contributed by atoms with Crippen LogP contribution < -0.4 is 10.6 Å². The maximum atomic E-state index is 12.5. The third kappa shape index (κ3) is 2.49. The average Bonchev–Trinajstić information content (AvgIpc) is 3.25. The fourth-order valence-corrected chi connectivity index (χ4v) is 2.45. The van der Waals surface area contributed by atoms with Crippen molar-refractivity contribution >= 4 is 17.8 Å². The van der Waals surface area contributed by atoms with Crippen LogP contribution in [0.3, 0.4) is 0 Å². The van der Waals surface area contributed by atoms with Crippen LogP contribution in [0.4, 0.5) is 4.79 Å². The zero-order chi connectivity index (χ0) is 15.0. The number of carbonyl (C=O) groups is 3. The Balaban J connectivity index is 1.76. The van der Waals surface area contributed by atoms with Gasteiger partial charge in [-0.15, -0.1) is 0 Å². The Kier molecular flexibility index (Phi) is 3.16. The van der Waals surface area contributed by atoms with E-state index < -0.39 is 17.5 Å². The molecule has 2 fully saturated rings. The van der Waals surface area contributed by atoms with E-state index in [9.17, 15) is 14.4 Å². The van der Waals surface area contributed by atoms with Gasteiger partial charge in [0.25, 0.3) is 5.91 Å². The van der Waals surface area contributed by atoms with Crippen molar-refractivity contribution in [2.75, 3.05) is 6.54 Å². The van der Waals surface area contributed by atoms with E-state index in [1.165, 1.54) is 0 Å². The predicted molar refractivity (Wildman–Crippen MR) is 75.2 cm³/mol. The molecule has 110 valence electrons. The number of nitrogens with zero attached hydrogens (tertiary/aromatic N) is 1. The first-order chi connectivity index (χ1) is 10.0. The van der Waals surface area contributed by atoms with Crippen molar-refractivity contribution in [1.82, 2.24) is 15.5 Å². The number of nitrogens with one attached hydrogen (secondary N) is 2. The molecule has 1 saturated heterocycles. The molecule has 1 atom stereocenters. The van der Waals surface area contributed by atoms with Crippen LogP contribution in [0.5, 0.6) is 0 Å². The Morgan fingerprint density at radius 3 is 2.62 bits per heavy atom. The van der Waals surface area contributed by atoms with Gasteiger partial charge in [-0.05, 0) is 25.3 Å². The lowest BCUT2D eigenvalue weighted by Gasteiger charge is -2.22. The summed E-state index contributed by atoms with van der Waals surface area (Å²) in [6.45, 7) is 1.42. The number of urea groups is 1. The van der Waals surface area contributed by atoms with Crippen LogP contribution in [0, 0.1) is 0 Å². The highest BCUT2D eigenvalue weighted by Gasteiger charge is 2.49. The van der Waals surface area contributed by atoms with Gasteiger partial charge in [0.15, 0.2) is 0 Å². The molecule has 0 radical (unpaired) electrons. The molecule has 1 aliphatic carbocycles. The summed E-state index contributed by atoms with van der Waals surface area (Å²) in [5.41, 5.74) is -0.411. The quantitative estimate of drug-likeness (QED) is 0.801. The van der Waals surface area contributed by atoms with E-state index in [0.717, 1.165) is 17.7 Å². The van der Waals surface area contributed by atoms with Crippen molar-refractivity contribution in [2.45, 2.75) is 31.3 Å². The van der Waals surface area contributed by atoms with Crippen molar-refractivity contribution in [3.05, 3.63) is 35.9 Å². The Labute approximate surface area is 122 Å². The van der Waals surface area contributed by atoms with Gasteiger partial charge < -0.3 is 10.6 Å². The molecule has 1 heterocycles.